The zero-order valence-corrected chi connectivity index (χ0v) is 17.8. The first-order valence-electron chi connectivity index (χ1n) is 10.2. The van der Waals surface area contributed by atoms with Crippen molar-refractivity contribution < 1.29 is 33.3 Å². The molecule has 0 N–H and O–H groups in total. The van der Waals surface area contributed by atoms with Gasteiger partial charge in [-0.05, 0) is 44.9 Å². The maximum Gasteiger partial charge on any atom is 0.333 e. The first kappa shape index (κ1) is 23.1. The third-order valence-corrected chi connectivity index (χ3v) is 5.58. The standard InChI is InChI=1S/C22H32O7/c1-6-7-20(24)27-13-22-18(29-22)11-10-16(21(25)26-5)8-9-17(14(2)3)12-19(22)28-15(4)23/h8,17-19H,2,6-7,9-13H2,1,3-5H3. The Bertz CT molecular complexity index is 681. The zero-order chi connectivity index (χ0) is 21.6. The number of allylic oxidation sites excluding steroid dienone is 2. The largest absolute Gasteiger partial charge is 0.466 e. The quantitative estimate of drug-likeness (QED) is 0.276. The summed E-state index contributed by atoms with van der Waals surface area (Å²) in [5, 5.41) is 0. The van der Waals surface area contributed by atoms with Gasteiger partial charge in [0.2, 0.25) is 0 Å². The minimum Gasteiger partial charge on any atom is -0.466 e. The minimum absolute atomic E-state index is 0.0224. The first-order chi connectivity index (χ1) is 13.7. The molecule has 2 aliphatic rings. The molecule has 0 spiro atoms. The number of methoxy groups -OCH3 is 1. The van der Waals surface area contributed by atoms with E-state index in [1.165, 1.54) is 14.0 Å². The lowest BCUT2D eigenvalue weighted by molar-refractivity contribution is -0.156. The summed E-state index contributed by atoms with van der Waals surface area (Å²) in [6, 6.07) is 0. The molecule has 7 nitrogen and oxygen atoms in total. The van der Waals surface area contributed by atoms with E-state index in [4.69, 9.17) is 18.9 Å². The maximum atomic E-state index is 12.1. The summed E-state index contributed by atoms with van der Waals surface area (Å²) in [4.78, 5) is 35.8. The zero-order valence-electron chi connectivity index (χ0n) is 17.8. The summed E-state index contributed by atoms with van der Waals surface area (Å²) >= 11 is 0. The normalized spacial score (nSPS) is 29.0. The van der Waals surface area contributed by atoms with Crippen LogP contribution in [-0.2, 0) is 33.3 Å². The molecular formula is C22H32O7. The summed E-state index contributed by atoms with van der Waals surface area (Å²) in [5.74, 6) is -1.10. The lowest BCUT2D eigenvalue weighted by Gasteiger charge is -2.29. The Hall–Kier alpha value is -2.15. The van der Waals surface area contributed by atoms with Crippen molar-refractivity contribution in [2.24, 2.45) is 5.92 Å². The fourth-order valence-corrected chi connectivity index (χ4v) is 3.80. The number of esters is 3. The van der Waals surface area contributed by atoms with Gasteiger partial charge in [-0.1, -0.05) is 25.2 Å². The van der Waals surface area contributed by atoms with E-state index in [-0.39, 0.29) is 30.6 Å². The van der Waals surface area contributed by atoms with Crippen molar-refractivity contribution in [1.82, 2.24) is 0 Å². The third kappa shape index (κ3) is 5.92. The Balaban J connectivity index is 2.30. The SMILES string of the molecule is C=C(C)C1CC=C(C(=O)OC)CCC2OC2(COC(=O)CCC)C(OC(C)=O)C1. The molecule has 1 fully saturated rings. The summed E-state index contributed by atoms with van der Waals surface area (Å²) < 4.78 is 22.0. The molecule has 4 unspecified atom stereocenters. The summed E-state index contributed by atoms with van der Waals surface area (Å²) in [6.45, 7) is 9.25. The second-order valence-corrected chi connectivity index (χ2v) is 7.84. The predicted molar refractivity (Wildman–Crippen MR) is 106 cm³/mol. The number of ether oxygens (including phenoxy) is 4. The lowest BCUT2D eigenvalue weighted by atomic mass is 9.83. The van der Waals surface area contributed by atoms with Gasteiger partial charge in [0.15, 0.2) is 5.60 Å². The van der Waals surface area contributed by atoms with Crippen molar-refractivity contribution in [3.05, 3.63) is 23.8 Å². The molecule has 0 bridgehead atoms. The van der Waals surface area contributed by atoms with Gasteiger partial charge >= 0.3 is 17.9 Å². The highest BCUT2D eigenvalue weighted by atomic mass is 16.7. The number of hydrogen-bond acceptors (Lipinski definition) is 7. The van der Waals surface area contributed by atoms with Crippen LogP contribution in [0.5, 0.6) is 0 Å². The monoisotopic (exact) mass is 408 g/mol. The molecule has 0 saturated carbocycles. The molecule has 1 heterocycles. The number of hydrogen-bond donors (Lipinski definition) is 0. The first-order valence-corrected chi connectivity index (χ1v) is 10.2. The van der Waals surface area contributed by atoms with Gasteiger partial charge < -0.3 is 18.9 Å². The molecule has 0 radical (unpaired) electrons. The average Bonchev–Trinajstić information content (AvgIpc) is 3.38. The van der Waals surface area contributed by atoms with Gasteiger partial charge in [-0.2, -0.15) is 0 Å². The van der Waals surface area contributed by atoms with Gasteiger partial charge in [0.25, 0.3) is 0 Å². The van der Waals surface area contributed by atoms with Crippen LogP contribution >= 0.6 is 0 Å². The van der Waals surface area contributed by atoms with Crippen LogP contribution in [-0.4, -0.2) is 49.4 Å². The highest BCUT2D eigenvalue weighted by molar-refractivity contribution is 5.88. The minimum atomic E-state index is -0.888. The number of rotatable bonds is 7. The Morgan fingerprint density at radius 2 is 2.03 bits per heavy atom. The van der Waals surface area contributed by atoms with Gasteiger partial charge in [0.1, 0.15) is 12.7 Å². The number of fused-ring (bicyclic) bond motifs is 1. The highest BCUT2D eigenvalue weighted by Crippen LogP contribution is 2.48. The van der Waals surface area contributed by atoms with E-state index in [2.05, 4.69) is 6.58 Å². The van der Waals surface area contributed by atoms with E-state index < -0.39 is 17.7 Å². The summed E-state index contributed by atoms with van der Waals surface area (Å²) in [6.07, 6.45) is 4.12. The van der Waals surface area contributed by atoms with Crippen molar-refractivity contribution in [2.45, 2.75) is 77.1 Å². The van der Waals surface area contributed by atoms with E-state index in [1.54, 1.807) is 0 Å². The molecule has 29 heavy (non-hydrogen) atoms. The van der Waals surface area contributed by atoms with E-state index in [0.29, 0.717) is 44.1 Å². The van der Waals surface area contributed by atoms with Crippen LogP contribution in [0.25, 0.3) is 0 Å². The molecule has 1 aliphatic heterocycles. The van der Waals surface area contributed by atoms with Crippen molar-refractivity contribution in [1.29, 1.82) is 0 Å². The Kier molecular flexibility index (Phi) is 8.02. The van der Waals surface area contributed by atoms with E-state index >= 15 is 0 Å². The van der Waals surface area contributed by atoms with Crippen molar-refractivity contribution in [3.63, 3.8) is 0 Å². The van der Waals surface area contributed by atoms with Gasteiger partial charge in [0, 0.05) is 18.9 Å². The molecule has 162 valence electrons. The van der Waals surface area contributed by atoms with Crippen molar-refractivity contribution >= 4 is 17.9 Å². The topological polar surface area (TPSA) is 91.4 Å². The highest BCUT2D eigenvalue weighted by Gasteiger charge is 2.64. The van der Waals surface area contributed by atoms with Crippen LogP contribution in [0.4, 0.5) is 0 Å². The molecular weight excluding hydrogens is 376 g/mol. The smallest absolute Gasteiger partial charge is 0.333 e. The van der Waals surface area contributed by atoms with Crippen molar-refractivity contribution in [2.75, 3.05) is 13.7 Å². The van der Waals surface area contributed by atoms with Crippen LogP contribution < -0.4 is 0 Å². The van der Waals surface area contributed by atoms with Gasteiger partial charge in [0.05, 0.1) is 13.2 Å². The molecule has 0 aromatic rings. The fourth-order valence-electron chi connectivity index (χ4n) is 3.80. The molecule has 2 rings (SSSR count). The Morgan fingerprint density at radius 1 is 1.31 bits per heavy atom. The van der Waals surface area contributed by atoms with Crippen LogP contribution in [0.2, 0.25) is 0 Å². The van der Waals surface area contributed by atoms with Gasteiger partial charge in [-0.25, -0.2) is 4.79 Å². The third-order valence-electron chi connectivity index (χ3n) is 5.58. The summed E-state index contributed by atoms with van der Waals surface area (Å²) in [7, 11) is 1.36. The van der Waals surface area contributed by atoms with Gasteiger partial charge in [-0.15, -0.1) is 0 Å². The average molecular weight is 408 g/mol. The molecule has 7 heteroatoms. The Morgan fingerprint density at radius 3 is 2.62 bits per heavy atom. The summed E-state index contributed by atoms with van der Waals surface area (Å²) in [5.41, 5.74) is 0.622. The van der Waals surface area contributed by atoms with Gasteiger partial charge in [-0.3, -0.25) is 9.59 Å². The molecule has 4 atom stereocenters. The number of carbonyl (C=O) groups is 3. The Labute approximate surface area is 172 Å². The maximum absolute atomic E-state index is 12.1. The van der Waals surface area contributed by atoms with Crippen LogP contribution in [0.1, 0.15) is 59.3 Å². The fraction of sp³-hybridized carbons (Fsp3) is 0.682. The van der Waals surface area contributed by atoms with Crippen LogP contribution in [0.15, 0.2) is 23.8 Å². The molecule has 1 saturated heterocycles. The number of epoxide rings is 1. The van der Waals surface area contributed by atoms with Crippen LogP contribution in [0, 0.1) is 5.92 Å². The van der Waals surface area contributed by atoms with E-state index in [1.807, 2.05) is 19.9 Å². The van der Waals surface area contributed by atoms with Crippen molar-refractivity contribution in [3.8, 4) is 0 Å². The molecule has 0 aromatic carbocycles. The van der Waals surface area contributed by atoms with Crippen LogP contribution in [0.3, 0.4) is 0 Å². The second-order valence-electron chi connectivity index (χ2n) is 7.84. The lowest BCUT2D eigenvalue weighted by Crippen LogP contribution is -2.42. The molecule has 1 aliphatic carbocycles. The number of carbonyl (C=O) groups excluding carboxylic acids is 3. The molecule has 0 aromatic heterocycles. The second kappa shape index (κ2) is 10.1. The molecule has 0 amide bonds. The predicted octanol–water partition coefficient (Wildman–Crippen LogP) is 3.26. The van der Waals surface area contributed by atoms with E-state index in [0.717, 1.165) is 5.57 Å². The van der Waals surface area contributed by atoms with E-state index in [9.17, 15) is 14.4 Å².